The van der Waals surface area contributed by atoms with Crippen LogP contribution < -0.4 is 5.32 Å². The minimum Gasteiger partial charge on any atom is -0.385 e. The van der Waals surface area contributed by atoms with Gasteiger partial charge in [0, 0.05) is 17.8 Å². The van der Waals surface area contributed by atoms with Gasteiger partial charge in [-0.3, -0.25) is 0 Å². The van der Waals surface area contributed by atoms with Gasteiger partial charge >= 0.3 is 0 Å². The van der Waals surface area contributed by atoms with E-state index in [9.17, 15) is 0 Å². The first-order chi connectivity index (χ1) is 9.22. The van der Waals surface area contributed by atoms with Crippen LogP contribution in [0.2, 0.25) is 0 Å². The van der Waals surface area contributed by atoms with Crippen molar-refractivity contribution in [2.24, 2.45) is 0 Å². The average molecular weight is 258 g/mol. The molecule has 1 aliphatic rings. The molecule has 3 rings (SSSR count). The van der Waals surface area contributed by atoms with Crippen LogP contribution in [-0.4, -0.2) is 35.7 Å². The van der Waals surface area contributed by atoms with Crippen molar-refractivity contribution in [3.8, 4) is 11.5 Å². The molecule has 0 saturated carbocycles. The number of aromatic nitrogens is 2. The number of anilines is 1. The van der Waals surface area contributed by atoms with Crippen molar-refractivity contribution < 1.29 is 4.52 Å². The highest BCUT2D eigenvalue weighted by Crippen LogP contribution is 2.27. The second-order valence-corrected chi connectivity index (χ2v) is 5.16. The summed E-state index contributed by atoms with van der Waals surface area (Å²) >= 11 is 0. The number of fused-ring (bicyclic) bond motifs is 1. The van der Waals surface area contributed by atoms with Gasteiger partial charge in [0.1, 0.15) is 0 Å². The minimum absolute atomic E-state index is 0.602. The summed E-state index contributed by atoms with van der Waals surface area (Å²) in [5.74, 6) is 1.32. The van der Waals surface area contributed by atoms with Crippen LogP contribution in [0.25, 0.3) is 11.5 Å². The van der Waals surface area contributed by atoms with Crippen molar-refractivity contribution >= 4 is 5.69 Å². The summed E-state index contributed by atoms with van der Waals surface area (Å²) in [5, 5.41) is 7.40. The van der Waals surface area contributed by atoms with E-state index in [0.29, 0.717) is 12.4 Å². The molecule has 2 aromatic rings. The van der Waals surface area contributed by atoms with Crippen LogP contribution >= 0.6 is 0 Å². The first-order valence-electron chi connectivity index (χ1n) is 6.57. The van der Waals surface area contributed by atoms with Crippen LogP contribution in [0.4, 0.5) is 5.69 Å². The number of hydrogen-bond acceptors (Lipinski definition) is 5. The van der Waals surface area contributed by atoms with Gasteiger partial charge in [0.15, 0.2) is 5.82 Å². The highest BCUT2D eigenvalue weighted by molar-refractivity contribution is 5.63. The fourth-order valence-electron chi connectivity index (χ4n) is 2.33. The SMILES string of the molecule is CN(C)Cc1noc(-c2ccc3c(c2)CCCN3)n1. The van der Waals surface area contributed by atoms with Gasteiger partial charge in [-0.1, -0.05) is 5.16 Å². The van der Waals surface area contributed by atoms with Gasteiger partial charge in [-0.05, 0) is 50.7 Å². The van der Waals surface area contributed by atoms with E-state index < -0.39 is 0 Å². The van der Waals surface area contributed by atoms with Crippen LogP contribution in [-0.2, 0) is 13.0 Å². The van der Waals surface area contributed by atoms with Crippen molar-refractivity contribution in [2.45, 2.75) is 19.4 Å². The maximum atomic E-state index is 5.33. The number of hydrogen-bond donors (Lipinski definition) is 1. The molecular formula is C14H18N4O. The Balaban J connectivity index is 1.87. The smallest absolute Gasteiger partial charge is 0.257 e. The topological polar surface area (TPSA) is 54.2 Å². The average Bonchev–Trinajstić information content (AvgIpc) is 2.86. The van der Waals surface area contributed by atoms with E-state index >= 15 is 0 Å². The normalized spacial score (nSPS) is 14.3. The number of nitrogens with zero attached hydrogens (tertiary/aromatic N) is 3. The summed E-state index contributed by atoms with van der Waals surface area (Å²) in [6.07, 6.45) is 2.28. The Morgan fingerprint density at radius 3 is 3.11 bits per heavy atom. The van der Waals surface area contributed by atoms with Gasteiger partial charge in [0.05, 0.1) is 6.54 Å². The molecule has 0 radical (unpaired) electrons. The molecule has 5 heteroatoms. The van der Waals surface area contributed by atoms with Crippen LogP contribution in [0.3, 0.4) is 0 Å². The lowest BCUT2D eigenvalue weighted by Gasteiger charge is -2.17. The van der Waals surface area contributed by atoms with Crippen molar-refractivity contribution in [3.05, 3.63) is 29.6 Å². The third-order valence-corrected chi connectivity index (χ3v) is 3.22. The van der Waals surface area contributed by atoms with Gasteiger partial charge in [0.25, 0.3) is 5.89 Å². The van der Waals surface area contributed by atoms with Crippen molar-refractivity contribution in [1.29, 1.82) is 0 Å². The predicted octanol–water partition coefficient (Wildman–Crippen LogP) is 2.16. The van der Waals surface area contributed by atoms with E-state index in [1.165, 1.54) is 17.7 Å². The lowest BCUT2D eigenvalue weighted by molar-refractivity contribution is 0.365. The third kappa shape index (κ3) is 2.61. The van der Waals surface area contributed by atoms with E-state index in [2.05, 4.69) is 27.6 Å². The molecule has 1 aromatic heterocycles. The highest BCUT2D eigenvalue weighted by Gasteiger charge is 2.13. The molecule has 1 aromatic carbocycles. The summed E-state index contributed by atoms with van der Waals surface area (Å²) < 4.78 is 5.33. The largest absolute Gasteiger partial charge is 0.385 e. The van der Waals surface area contributed by atoms with Gasteiger partial charge in [-0.25, -0.2) is 0 Å². The number of benzene rings is 1. The monoisotopic (exact) mass is 258 g/mol. The number of nitrogens with one attached hydrogen (secondary N) is 1. The molecule has 1 aliphatic heterocycles. The Morgan fingerprint density at radius 2 is 2.26 bits per heavy atom. The van der Waals surface area contributed by atoms with E-state index in [1.807, 2.05) is 25.1 Å². The van der Waals surface area contributed by atoms with E-state index in [1.54, 1.807) is 0 Å². The standard InChI is InChI=1S/C14H18N4O/c1-18(2)9-13-16-14(19-17-13)11-5-6-12-10(8-11)4-3-7-15-12/h5-6,8,15H,3-4,7,9H2,1-2H3. The van der Waals surface area contributed by atoms with Crippen LogP contribution in [0.15, 0.2) is 22.7 Å². The summed E-state index contributed by atoms with van der Waals surface area (Å²) in [6, 6.07) is 6.28. The molecule has 2 heterocycles. The Kier molecular flexibility index (Phi) is 3.21. The van der Waals surface area contributed by atoms with E-state index in [0.717, 1.165) is 24.4 Å². The molecule has 100 valence electrons. The summed E-state index contributed by atoms with van der Waals surface area (Å²) in [5.41, 5.74) is 3.55. The maximum Gasteiger partial charge on any atom is 0.257 e. The lowest BCUT2D eigenvalue weighted by Crippen LogP contribution is -2.12. The first kappa shape index (κ1) is 12.2. The summed E-state index contributed by atoms with van der Waals surface area (Å²) in [6.45, 7) is 1.75. The van der Waals surface area contributed by atoms with Gasteiger partial charge in [-0.2, -0.15) is 4.98 Å². The third-order valence-electron chi connectivity index (χ3n) is 3.22. The zero-order chi connectivity index (χ0) is 13.2. The van der Waals surface area contributed by atoms with Gasteiger partial charge in [0.2, 0.25) is 0 Å². The van der Waals surface area contributed by atoms with Crippen LogP contribution in [0.1, 0.15) is 17.8 Å². The lowest BCUT2D eigenvalue weighted by atomic mass is 10.0. The maximum absolute atomic E-state index is 5.33. The van der Waals surface area contributed by atoms with Crippen molar-refractivity contribution in [2.75, 3.05) is 26.0 Å². The van der Waals surface area contributed by atoms with E-state index in [4.69, 9.17) is 4.52 Å². The Hall–Kier alpha value is -1.88. The molecule has 5 nitrogen and oxygen atoms in total. The van der Waals surface area contributed by atoms with Gasteiger partial charge < -0.3 is 14.7 Å². The fourth-order valence-corrected chi connectivity index (χ4v) is 2.33. The molecule has 0 bridgehead atoms. The second-order valence-electron chi connectivity index (χ2n) is 5.16. The van der Waals surface area contributed by atoms with Crippen LogP contribution in [0, 0.1) is 0 Å². The zero-order valence-corrected chi connectivity index (χ0v) is 11.3. The van der Waals surface area contributed by atoms with E-state index in [-0.39, 0.29) is 0 Å². The fraction of sp³-hybridized carbons (Fsp3) is 0.429. The molecule has 19 heavy (non-hydrogen) atoms. The molecule has 0 saturated heterocycles. The van der Waals surface area contributed by atoms with Gasteiger partial charge in [-0.15, -0.1) is 0 Å². The van der Waals surface area contributed by atoms with Crippen molar-refractivity contribution in [3.63, 3.8) is 0 Å². The quantitative estimate of drug-likeness (QED) is 0.914. The molecule has 1 N–H and O–H groups in total. The summed E-state index contributed by atoms with van der Waals surface area (Å²) in [7, 11) is 3.97. The number of aryl methyl sites for hydroxylation is 1. The molecule has 0 spiro atoms. The zero-order valence-electron chi connectivity index (χ0n) is 11.3. The Bertz CT molecular complexity index is 577. The molecule has 0 unspecified atom stereocenters. The molecule has 0 amide bonds. The Labute approximate surface area is 112 Å². The highest BCUT2D eigenvalue weighted by atomic mass is 16.5. The molecular weight excluding hydrogens is 240 g/mol. The van der Waals surface area contributed by atoms with Crippen molar-refractivity contribution in [1.82, 2.24) is 15.0 Å². The first-order valence-corrected chi connectivity index (χ1v) is 6.57. The molecule has 0 aliphatic carbocycles. The molecule has 0 atom stereocenters. The molecule has 0 fully saturated rings. The predicted molar refractivity (Wildman–Crippen MR) is 73.9 cm³/mol. The number of rotatable bonds is 3. The minimum atomic E-state index is 0.602. The second kappa shape index (κ2) is 5.01. The summed E-state index contributed by atoms with van der Waals surface area (Å²) in [4.78, 5) is 6.45. The van der Waals surface area contributed by atoms with Crippen LogP contribution in [0.5, 0.6) is 0 Å². The Morgan fingerprint density at radius 1 is 1.37 bits per heavy atom.